The van der Waals surface area contributed by atoms with Crippen molar-refractivity contribution >= 4 is 5.97 Å². The standard InChI is InChI=1S/C14H14O3/c1-12(17-11-10-14(15)16-2)8-9-13-6-4-3-5-7-13/h3-7,10-12H,1-2H3/b11-10+. The van der Waals surface area contributed by atoms with E-state index >= 15 is 0 Å². The van der Waals surface area contributed by atoms with Gasteiger partial charge >= 0.3 is 5.97 Å². The Kier molecular flexibility index (Phi) is 5.39. The third-order valence-electron chi connectivity index (χ3n) is 1.88. The molecule has 0 fully saturated rings. The van der Waals surface area contributed by atoms with Gasteiger partial charge in [-0.05, 0) is 19.1 Å². The summed E-state index contributed by atoms with van der Waals surface area (Å²) in [5.74, 6) is 5.44. The molecule has 0 heterocycles. The van der Waals surface area contributed by atoms with Gasteiger partial charge in [0.2, 0.25) is 0 Å². The first-order valence-electron chi connectivity index (χ1n) is 5.19. The second-order valence-electron chi connectivity index (χ2n) is 3.24. The van der Waals surface area contributed by atoms with Crippen molar-refractivity contribution in [3.63, 3.8) is 0 Å². The minimum absolute atomic E-state index is 0.281. The molecule has 1 unspecified atom stereocenters. The number of rotatable bonds is 3. The molecule has 0 aliphatic carbocycles. The van der Waals surface area contributed by atoms with Gasteiger partial charge in [0.15, 0.2) is 6.10 Å². The molecular weight excluding hydrogens is 216 g/mol. The van der Waals surface area contributed by atoms with E-state index in [0.29, 0.717) is 0 Å². The molecule has 0 aliphatic rings. The van der Waals surface area contributed by atoms with Crippen molar-refractivity contribution in [2.45, 2.75) is 13.0 Å². The van der Waals surface area contributed by atoms with Gasteiger partial charge in [0.05, 0.1) is 19.4 Å². The quantitative estimate of drug-likeness (QED) is 0.345. The van der Waals surface area contributed by atoms with Crippen LogP contribution in [0.3, 0.4) is 0 Å². The number of ether oxygens (including phenoxy) is 2. The average molecular weight is 230 g/mol. The Morgan fingerprint density at radius 2 is 2.06 bits per heavy atom. The molecule has 0 N–H and O–H groups in total. The Morgan fingerprint density at radius 1 is 1.35 bits per heavy atom. The summed E-state index contributed by atoms with van der Waals surface area (Å²) in [6, 6.07) is 9.62. The van der Waals surface area contributed by atoms with Gasteiger partial charge in [0.25, 0.3) is 0 Å². The van der Waals surface area contributed by atoms with Crippen molar-refractivity contribution < 1.29 is 14.3 Å². The Balaban J connectivity index is 2.45. The molecule has 3 nitrogen and oxygen atoms in total. The average Bonchev–Trinajstić information content (AvgIpc) is 2.37. The second kappa shape index (κ2) is 7.13. The van der Waals surface area contributed by atoms with E-state index in [4.69, 9.17) is 4.74 Å². The molecule has 17 heavy (non-hydrogen) atoms. The largest absolute Gasteiger partial charge is 0.485 e. The summed E-state index contributed by atoms with van der Waals surface area (Å²) in [6.45, 7) is 1.80. The number of carbonyl (C=O) groups excluding carboxylic acids is 1. The van der Waals surface area contributed by atoms with E-state index in [1.54, 1.807) is 6.92 Å². The van der Waals surface area contributed by atoms with Crippen molar-refractivity contribution in [2.75, 3.05) is 7.11 Å². The summed E-state index contributed by atoms with van der Waals surface area (Å²) in [5.41, 5.74) is 0.930. The van der Waals surface area contributed by atoms with Crippen LogP contribution in [0.15, 0.2) is 42.7 Å². The number of hydrogen-bond donors (Lipinski definition) is 0. The molecule has 0 bridgehead atoms. The van der Waals surface area contributed by atoms with Crippen LogP contribution < -0.4 is 0 Å². The Hall–Kier alpha value is -2.21. The normalized spacial score (nSPS) is 11.4. The van der Waals surface area contributed by atoms with Gasteiger partial charge in [0, 0.05) is 5.56 Å². The van der Waals surface area contributed by atoms with E-state index in [1.807, 2.05) is 30.3 Å². The van der Waals surface area contributed by atoms with Gasteiger partial charge in [0.1, 0.15) is 0 Å². The summed E-state index contributed by atoms with van der Waals surface area (Å²) in [5, 5.41) is 0. The van der Waals surface area contributed by atoms with E-state index in [9.17, 15) is 4.79 Å². The number of methoxy groups -OCH3 is 1. The highest BCUT2D eigenvalue weighted by molar-refractivity contribution is 5.81. The molecule has 1 rings (SSSR count). The van der Waals surface area contributed by atoms with Crippen LogP contribution in [-0.4, -0.2) is 19.2 Å². The van der Waals surface area contributed by atoms with Crippen LogP contribution in [0.1, 0.15) is 12.5 Å². The van der Waals surface area contributed by atoms with Crippen molar-refractivity contribution in [2.24, 2.45) is 0 Å². The van der Waals surface area contributed by atoms with Crippen LogP contribution in [0.5, 0.6) is 0 Å². The maximum absolute atomic E-state index is 10.7. The first-order chi connectivity index (χ1) is 8.22. The molecule has 0 saturated carbocycles. The molecule has 0 aliphatic heterocycles. The maximum atomic E-state index is 10.7. The second-order valence-corrected chi connectivity index (χ2v) is 3.24. The number of esters is 1. The van der Waals surface area contributed by atoms with E-state index in [0.717, 1.165) is 5.56 Å². The number of carbonyl (C=O) groups is 1. The van der Waals surface area contributed by atoms with Crippen LogP contribution in [0, 0.1) is 11.8 Å². The molecule has 0 amide bonds. The van der Waals surface area contributed by atoms with Crippen LogP contribution in [0.2, 0.25) is 0 Å². The van der Waals surface area contributed by atoms with Crippen LogP contribution in [0.4, 0.5) is 0 Å². The number of hydrogen-bond acceptors (Lipinski definition) is 3. The predicted octanol–water partition coefficient (Wildman–Crippen LogP) is 2.13. The lowest BCUT2D eigenvalue weighted by atomic mass is 10.2. The first-order valence-corrected chi connectivity index (χ1v) is 5.19. The van der Waals surface area contributed by atoms with E-state index in [1.165, 1.54) is 19.4 Å². The molecule has 1 atom stereocenters. The zero-order chi connectivity index (χ0) is 12.5. The van der Waals surface area contributed by atoms with E-state index < -0.39 is 5.97 Å². The molecule has 0 spiro atoms. The van der Waals surface area contributed by atoms with Crippen molar-refractivity contribution in [1.29, 1.82) is 0 Å². The number of benzene rings is 1. The monoisotopic (exact) mass is 230 g/mol. The summed E-state index contributed by atoms with van der Waals surface area (Å²) < 4.78 is 9.60. The molecule has 1 aromatic carbocycles. The lowest BCUT2D eigenvalue weighted by Gasteiger charge is -2.02. The lowest BCUT2D eigenvalue weighted by molar-refractivity contribution is -0.135. The van der Waals surface area contributed by atoms with Crippen LogP contribution in [0.25, 0.3) is 0 Å². The lowest BCUT2D eigenvalue weighted by Crippen LogP contribution is -2.01. The predicted molar refractivity (Wildman–Crippen MR) is 65.0 cm³/mol. The molecule has 0 saturated heterocycles. The van der Waals surface area contributed by atoms with Crippen molar-refractivity contribution in [3.05, 3.63) is 48.2 Å². The Morgan fingerprint density at radius 3 is 2.71 bits per heavy atom. The SMILES string of the molecule is COC(=O)/C=C/OC(C)C#Cc1ccccc1. The van der Waals surface area contributed by atoms with Crippen LogP contribution >= 0.6 is 0 Å². The van der Waals surface area contributed by atoms with Gasteiger partial charge in [-0.2, -0.15) is 0 Å². The highest BCUT2D eigenvalue weighted by Gasteiger charge is 1.94. The van der Waals surface area contributed by atoms with Gasteiger partial charge in [-0.3, -0.25) is 0 Å². The third-order valence-corrected chi connectivity index (χ3v) is 1.88. The van der Waals surface area contributed by atoms with Gasteiger partial charge in [-0.25, -0.2) is 4.79 Å². The minimum atomic E-state index is -0.451. The minimum Gasteiger partial charge on any atom is -0.485 e. The summed E-state index contributed by atoms with van der Waals surface area (Å²) in [4.78, 5) is 10.7. The van der Waals surface area contributed by atoms with Gasteiger partial charge in [-0.1, -0.05) is 30.0 Å². The fraction of sp³-hybridized carbons (Fsp3) is 0.214. The molecule has 88 valence electrons. The van der Waals surface area contributed by atoms with E-state index in [-0.39, 0.29) is 6.10 Å². The smallest absolute Gasteiger partial charge is 0.333 e. The van der Waals surface area contributed by atoms with E-state index in [2.05, 4.69) is 16.6 Å². The van der Waals surface area contributed by atoms with Gasteiger partial charge in [-0.15, -0.1) is 0 Å². The summed E-state index contributed by atoms with van der Waals surface area (Å²) >= 11 is 0. The molecular formula is C14H14O3. The van der Waals surface area contributed by atoms with Crippen LogP contribution in [-0.2, 0) is 14.3 Å². The highest BCUT2D eigenvalue weighted by atomic mass is 16.5. The summed E-state index contributed by atoms with van der Waals surface area (Å²) in [7, 11) is 1.31. The topological polar surface area (TPSA) is 35.5 Å². The van der Waals surface area contributed by atoms with Crippen molar-refractivity contribution in [3.8, 4) is 11.8 Å². The highest BCUT2D eigenvalue weighted by Crippen LogP contribution is 1.96. The zero-order valence-electron chi connectivity index (χ0n) is 9.84. The third kappa shape index (κ3) is 5.43. The Bertz CT molecular complexity index is 438. The molecule has 3 heteroatoms. The van der Waals surface area contributed by atoms with Crippen molar-refractivity contribution in [1.82, 2.24) is 0 Å². The Labute approximate surface area is 101 Å². The fourth-order valence-corrected chi connectivity index (χ4v) is 1.02. The van der Waals surface area contributed by atoms with Gasteiger partial charge < -0.3 is 9.47 Å². The summed E-state index contributed by atoms with van der Waals surface area (Å²) in [6.07, 6.45) is 2.22. The molecule has 0 aromatic heterocycles. The maximum Gasteiger partial charge on any atom is 0.333 e. The zero-order valence-corrected chi connectivity index (χ0v) is 9.84. The molecule has 1 aromatic rings. The first kappa shape index (κ1) is 12.9. The molecule has 0 radical (unpaired) electrons. The fourth-order valence-electron chi connectivity index (χ4n) is 1.02.